The van der Waals surface area contributed by atoms with Crippen molar-refractivity contribution in [3.8, 4) is 5.75 Å². The molecule has 0 aliphatic rings. The molecule has 0 aliphatic heterocycles. The monoisotopic (exact) mass is 222 g/mol. The first-order valence-electron chi connectivity index (χ1n) is 6.01. The van der Waals surface area contributed by atoms with Crippen molar-refractivity contribution in [1.29, 1.82) is 0 Å². The Kier molecular flexibility index (Phi) is 5.33. The van der Waals surface area contributed by atoms with Gasteiger partial charge < -0.3 is 9.84 Å². The van der Waals surface area contributed by atoms with Crippen LogP contribution in [0, 0.1) is 5.92 Å². The minimum absolute atomic E-state index is 0.471. The lowest BCUT2D eigenvalue weighted by Gasteiger charge is -2.13. The van der Waals surface area contributed by atoms with Gasteiger partial charge in [0.2, 0.25) is 0 Å². The highest BCUT2D eigenvalue weighted by Crippen LogP contribution is 2.24. The average Bonchev–Trinajstić information content (AvgIpc) is 2.24. The largest absolute Gasteiger partial charge is 0.493 e. The average molecular weight is 222 g/mol. The quantitative estimate of drug-likeness (QED) is 0.746. The molecular weight excluding hydrogens is 200 g/mol. The summed E-state index contributed by atoms with van der Waals surface area (Å²) < 4.78 is 5.69. The molecule has 0 bridgehead atoms. The Morgan fingerprint density at radius 1 is 1.19 bits per heavy atom. The first-order chi connectivity index (χ1) is 7.61. The number of ether oxygens (including phenoxy) is 1. The molecule has 0 heterocycles. The maximum Gasteiger partial charge on any atom is 0.125 e. The number of hydrogen-bond donors (Lipinski definition) is 1. The van der Waals surface area contributed by atoms with E-state index in [9.17, 15) is 5.11 Å². The third-order valence-electron chi connectivity index (χ3n) is 2.55. The van der Waals surface area contributed by atoms with E-state index in [1.165, 1.54) is 6.42 Å². The molecule has 1 rings (SSSR count). The maximum atomic E-state index is 9.57. The number of hydrogen-bond acceptors (Lipinski definition) is 2. The molecule has 2 nitrogen and oxygen atoms in total. The molecule has 0 fully saturated rings. The van der Waals surface area contributed by atoms with Gasteiger partial charge in [0.25, 0.3) is 0 Å². The number of aliphatic hydroxyl groups excluding tert-OH is 1. The van der Waals surface area contributed by atoms with Crippen LogP contribution < -0.4 is 4.74 Å². The van der Waals surface area contributed by atoms with Gasteiger partial charge in [-0.15, -0.1) is 0 Å². The lowest BCUT2D eigenvalue weighted by Crippen LogP contribution is -2.03. The highest BCUT2D eigenvalue weighted by molar-refractivity contribution is 5.34. The van der Waals surface area contributed by atoms with Crippen LogP contribution >= 0.6 is 0 Å². The predicted octanol–water partition coefficient (Wildman–Crippen LogP) is 3.55. The van der Waals surface area contributed by atoms with Crippen molar-refractivity contribution in [2.75, 3.05) is 6.61 Å². The Bertz CT molecular complexity index is 305. The van der Waals surface area contributed by atoms with E-state index >= 15 is 0 Å². The lowest BCUT2D eigenvalue weighted by molar-refractivity contribution is 0.190. The summed E-state index contributed by atoms with van der Waals surface area (Å²) >= 11 is 0. The van der Waals surface area contributed by atoms with Crippen molar-refractivity contribution >= 4 is 0 Å². The minimum Gasteiger partial charge on any atom is -0.493 e. The van der Waals surface area contributed by atoms with Crippen LogP contribution in [0.2, 0.25) is 0 Å². The van der Waals surface area contributed by atoms with Crippen molar-refractivity contribution in [2.45, 2.75) is 39.7 Å². The zero-order valence-corrected chi connectivity index (χ0v) is 10.4. The summed E-state index contributed by atoms with van der Waals surface area (Å²) in [5, 5.41) is 9.57. The lowest BCUT2D eigenvalue weighted by atomic mass is 10.1. The van der Waals surface area contributed by atoms with Gasteiger partial charge in [0.1, 0.15) is 5.75 Å². The Morgan fingerprint density at radius 3 is 2.50 bits per heavy atom. The van der Waals surface area contributed by atoms with E-state index in [-0.39, 0.29) is 0 Å². The third kappa shape index (κ3) is 4.23. The molecule has 0 aromatic heterocycles. The Hall–Kier alpha value is -1.02. The van der Waals surface area contributed by atoms with E-state index in [0.717, 1.165) is 30.3 Å². The second-order valence-electron chi connectivity index (χ2n) is 4.60. The van der Waals surface area contributed by atoms with E-state index in [1.807, 2.05) is 24.3 Å². The standard InChI is InChI=1S/C14H22O2/c1-11(2)7-6-10-16-14-9-5-4-8-13(14)12(3)15/h4-5,8-9,11-12,15H,6-7,10H2,1-3H3. The normalized spacial score (nSPS) is 12.8. The molecule has 0 spiro atoms. The second kappa shape index (κ2) is 6.54. The van der Waals surface area contributed by atoms with Gasteiger partial charge in [0.15, 0.2) is 0 Å². The molecule has 16 heavy (non-hydrogen) atoms. The Morgan fingerprint density at radius 2 is 1.88 bits per heavy atom. The van der Waals surface area contributed by atoms with Crippen LogP contribution in [-0.4, -0.2) is 11.7 Å². The fourth-order valence-electron chi connectivity index (χ4n) is 1.63. The van der Waals surface area contributed by atoms with Gasteiger partial charge in [0.05, 0.1) is 12.7 Å². The van der Waals surface area contributed by atoms with E-state index < -0.39 is 6.10 Å². The highest BCUT2D eigenvalue weighted by Gasteiger charge is 2.07. The molecule has 1 unspecified atom stereocenters. The molecule has 0 saturated carbocycles. The summed E-state index contributed by atoms with van der Waals surface area (Å²) in [6.45, 7) is 6.91. The van der Waals surface area contributed by atoms with Crippen LogP contribution in [0.25, 0.3) is 0 Å². The van der Waals surface area contributed by atoms with Crippen LogP contribution in [0.1, 0.15) is 45.3 Å². The molecule has 0 amide bonds. The number of rotatable bonds is 6. The van der Waals surface area contributed by atoms with Gasteiger partial charge in [-0.2, -0.15) is 0 Å². The molecule has 1 atom stereocenters. The van der Waals surface area contributed by atoms with E-state index in [2.05, 4.69) is 13.8 Å². The van der Waals surface area contributed by atoms with Crippen LogP contribution in [-0.2, 0) is 0 Å². The van der Waals surface area contributed by atoms with Crippen molar-refractivity contribution in [1.82, 2.24) is 0 Å². The van der Waals surface area contributed by atoms with Crippen LogP contribution in [0.15, 0.2) is 24.3 Å². The second-order valence-corrected chi connectivity index (χ2v) is 4.60. The number of aliphatic hydroxyl groups is 1. The first kappa shape index (κ1) is 13.0. The summed E-state index contributed by atoms with van der Waals surface area (Å²) in [5.74, 6) is 1.52. The fraction of sp³-hybridized carbons (Fsp3) is 0.571. The summed E-state index contributed by atoms with van der Waals surface area (Å²) in [7, 11) is 0. The Labute approximate surface area is 98.3 Å². The molecule has 0 saturated heterocycles. The van der Waals surface area contributed by atoms with Gasteiger partial charge in [-0.1, -0.05) is 32.0 Å². The smallest absolute Gasteiger partial charge is 0.125 e. The summed E-state index contributed by atoms with van der Waals surface area (Å²) in [6, 6.07) is 7.67. The minimum atomic E-state index is -0.471. The van der Waals surface area contributed by atoms with Crippen molar-refractivity contribution in [2.24, 2.45) is 5.92 Å². The van der Waals surface area contributed by atoms with E-state index in [1.54, 1.807) is 6.92 Å². The van der Waals surface area contributed by atoms with Crippen LogP contribution in [0.5, 0.6) is 5.75 Å². The van der Waals surface area contributed by atoms with Crippen LogP contribution in [0.3, 0.4) is 0 Å². The van der Waals surface area contributed by atoms with Crippen molar-refractivity contribution < 1.29 is 9.84 Å². The highest BCUT2D eigenvalue weighted by atomic mass is 16.5. The van der Waals surface area contributed by atoms with E-state index in [0.29, 0.717) is 0 Å². The molecule has 0 aliphatic carbocycles. The van der Waals surface area contributed by atoms with Gasteiger partial charge in [-0.05, 0) is 31.7 Å². The SMILES string of the molecule is CC(C)CCCOc1ccccc1C(C)O. The molecular formula is C14H22O2. The topological polar surface area (TPSA) is 29.5 Å². The third-order valence-corrected chi connectivity index (χ3v) is 2.55. The van der Waals surface area contributed by atoms with Crippen molar-refractivity contribution in [3.05, 3.63) is 29.8 Å². The Balaban J connectivity index is 2.47. The molecule has 0 radical (unpaired) electrons. The van der Waals surface area contributed by atoms with Gasteiger partial charge in [-0.3, -0.25) is 0 Å². The predicted molar refractivity (Wildman–Crippen MR) is 66.6 cm³/mol. The van der Waals surface area contributed by atoms with Crippen LogP contribution in [0.4, 0.5) is 0 Å². The molecule has 90 valence electrons. The van der Waals surface area contributed by atoms with Gasteiger partial charge >= 0.3 is 0 Å². The summed E-state index contributed by atoms with van der Waals surface area (Å²) in [5.41, 5.74) is 0.868. The first-order valence-corrected chi connectivity index (χ1v) is 6.01. The molecule has 2 heteroatoms. The van der Waals surface area contributed by atoms with E-state index in [4.69, 9.17) is 4.74 Å². The van der Waals surface area contributed by atoms with Crippen molar-refractivity contribution in [3.63, 3.8) is 0 Å². The zero-order chi connectivity index (χ0) is 12.0. The van der Waals surface area contributed by atoms with Gasteiger partial charge in [0, 0.05) is 5.56 Å². The number of benzene rings is 1. The number of para-hydroxylation sites is 1. The molecule has 1 aromatic rings. The van der Waals surface area contributed by atoms with Gasteiger partial charge in [-0.25, -0.2) is 0 Å². The summed E-state index contributed by atoms with van der Waals surface area (Å²) in [6.07, 6.45) is 1.77. The molecule has 1 aromatic carbocycles. The summed E-state index contributed by atoms with van der Waals surface area (Å²) in [4.78, 5) is 0. The molecule has 1 N–H and O–H groups in total. The fourth-order valence-corrected chi connectivity index (χ4v) is 1.63. The maximum absolute atomic E-state index is 9.57. The zero-order valence-electron chi connectivity index (χ0n) is 10.4.